The zero-order valence-electron chi connectivity index (χ0n) is 14.2. The zero-order valence-corrected chi connectivity index (χ0v) is 14.2. The van der Waals surface area contributed by atoms with Crippen LogP contribution in [-0.2, 0) is 6.42 Å². The van der Waals surface area contributed by atoms with E-state index in [0.717, 1.165) is 49.8 Å². The quantitative estimate of drug-likeness (QED) is 0.418. The van der Waals surface area contributed by atoms with Crippen LogP contribution < -0.4 is 20.1 Å². The molecule has 0 heterocycles. The smallest absolute Gasteiger partial charge is 0.190 e. The molecule has 0 aliphatic rings. The van der Waals surface area contributed by atoms with Crippen LogP contribution in [0.25, 0.3) is 0 Å². The van der Waals surface area contributed by atoms with Crippen LogP contribution in [0.4, 0.5) is 0 Å². The van der Waals surface area contributed by atoms with Gasteiger partial charge in [-0.2, -0.15) is 0 Å². The molecule has 1 aromatic rings. The Morgan fingerprint density at radius 2 is 1.91 bits per heavy atom. The lowest BCUT2D eigenvalue weighted by molar-refractivity contribution is 0.310. The minimum atomic E-state index is 0.640. The first-order chi connectivity index (χ1) is 10.7. The lowest BCUT2D eigenvalue weighted by Crippen LogP contribution is -2.38. The van der Waals surface area contributed by atoms with Crippen LogP contribution in [0.5, 0.6) is 11.5 Å². The fourth-order valence-electron chi connectivity index (χ4n) is 2.11. The molecule has 0 saturated heterocycles. The molecule has 5 heteroatoms. The summed E-state index contributed by atoms with van der Waals surface area (Å²) in [6.45, 7) is 6.58. The summed E-state index contributed by atoms with van der Waals surface area (Å²) < 4.78 is 10.9. The van der Waals surface area contributed by atoms with Gasteiger partial charge in [-0.3, -0.25) is 4.99 Å². The molecule has 0 bridgehead atoms. The summed E-state index contributed by atoms with van der Waals surface area (Å²) in [5.74, 6) is 2.47. The number of methoxy groups -OCH3 is 1. The molecule has 1 rings (SSSR count). The van der Waals surface area contributed by atoms with Crippen molar-refractivity contribution >= 4 is 5.96 Å². The van der Waals surface area contributed by atoms with Crippen molar-refractivity contribution in [3.8, 4) is 11.5 Å². The SMILES string of the molecule is CCCNC(=NC)NCCCc1ccc(OC)c(OCC)c1. The number of nitrogens with one attached hydrogen (secondary N) is 2. The number of ether oxygens (including phenoxy) is 2. The van der Waals surface area contributed by atoms with Crippen molar-refractivity contribution in [3.05, 3.63) is 23.8 Å². The molecule has 5 nitrogen and oxygen atoms in total. The number of guanidine groups is 1. The van der Waals surface area contributed by atoms with Crippen LogP contribution in [0.3, 0.4) is 0 Å². The summed E-state index contributed by atoms with van der Waals surface area (Å²) in [5.41, 5.74) is 1.25. The van der Waals surface area contributed by atoms with Gasteiger partial charge in [-0.05, 0) is 43.9 Å². The lowest BCUT2D eigenvalue weighted by Gasteiger charge is -2.12. The van der Waals surface area contributed by atoms with Crippen LogP contribution >= 0.6 is 0 Å². The normalized spacial score (nSPS) is 11.2. The largest absolute Gasteiger partial charge is 0.493 e. The zero-order chi connectivity index (χ0) is 16.2. The molecule has 0 fully saturated rings. The maximum atomic E-state index is 5.61. The fraction of sp³-hybridized carbons (Fsp3) is 0.588. The average Bonchev–Trinajstić information content (AvgIpc) is 2.55. The molecule has 0 aliphatic carbocycles. The number of hydrogen-bond donors (Lipinski definition) is 2. The topological polar surface area (TPSA) is 54.9 Å². The first-order valence-corrected chi connectivity index (χ1v) is 7.99. The average molecular weight is 307 g/mol. The molecule has 0 saturated carbocycles. The molecule has 0 unspecified atom stereocenters. The third-order valence-electron chi connectivity index (χ3n) is 3.23. The second-order valence-corrected chi connectivity index (χ2v) is 4.95. The highest BCUT2D eigenvalue weighted by Gasteiger charge is 2.05. The molecule has 0 aliphatic heterocycles. The number of aliphatic imine (C=N–C) groups is 1. The van der Waals surface area contributed by atoms with Crippen molar-refractivity contribution in [2.45, 2.75) is 33.1 Å². The first kappa shape index (κ1) is 18.1. The van der Waals surface area contributed by atoms with Crippen molar-refractivity contribution in [1.82, 2.24) is 10.6 Å². The molecule has 0 spiro atoms. The van der Waals surface area contributed by atoms with E-state index in [1.807, 2.05) is 13.0 Å². The number of rotatable bonds is 9. The van der Waals surface area contributed by atoms with E-state index in [1.165, 1.54) is 5.56 Å². The lowest BCUT2D eigenvalue weighted by atomic mass is 10.1. The molecule has 0 aromatic heterocycles. The van der Waals surface area contributed by atoms with E-state index in [2.05, 4.69) is 34.7 Å². The van der Waals surface area contributed by atoms with E-state index in [4.69, 9.17) is 9.47 Å². The highest BCUT2D eigenvalue weighted by Crippen LogP contribution is 2.28. The molecule has 124 valence electrons. The van der Waals surface area contributed by atoms with Gasteiger partial charge >= 0.3 is 0 Å². The molecule has 22 heavy (non-hydrogen) atoms. The Bertz CT molecular complexity index is 461. The second kappa shape index (κ2) is 10.8. The Morgan fingerprint density at radius 1 is 1.14 bits per heavy atom. The Labute approximate surface area is 134 Å². The van der Waals surface area contributed by atoms with E-state index < -0.39 is 0 Å². The highest BCUT2D eigenvalue weighted by atomic mass is 16.5. The minimum absolute atomic E-state index is 0.640. The van der Waals surface area contributed by atoms with E-state index >= 15 is 0 Å². The Kier molecular flexibility index (Phi) is 8.88. The summed E-state index contributed by atoms with van der Waals surface area (Å²) in [6.07, 6.45) is 3.11. The number of aryl methyl sites for hydroxylation is 1. The van der Waals surface area contributed by atoms with Crippen molar-refractivity contribution in [3.63, 3.8) is 0 Å². The van der Waals surface area contributed by atoms with Gasteiger partial charge in [0.05, 0.1) is 13.7 Å². The van der Waals surface area contributed by atoms with E-state index in [9.17, 15) is 0 Å². The van der Waals surface area contributed by atoms with Gasteiger partial charge in [0.2, 0.25) is 0 Å². The van der Waals surface area contributed by atoms with Gasteiger partial charge in [0.25, 0.3) is 0 Å². The summed E-state index contributed by atoms with van der Waals surface area (Å²) in [4.78, 5) is 4.19. The maximum Gasteiger partial charge on any atom is 0.190 e. The fourth-order valence-corrected chi connectivity index (χ4v) is 2.11. The standard InChI is InChI=1S/C17H29N3O2/c1-5-11-19-17(18-3)20-12-7-8-14-9-10-15(21-4)16(13-14)22-6-2/h9-10,13H,5-8,11-12H2,1-4H3,(H2,18,19,20). The summed E-state index contributed by atoms with van der Waals surface area (Å²) >= 11 is 0. The number of hydrogen-bond acceptors (Lipinski definition) is 3. The third-order valence-corrected chi connectivity index (χ3v) is 3.23. The number of benzene rings is 1. The summed E-state index contributed by atoms with van der Waals surface area (Å²) in [6, 6.07) is 6.12. The van der Waals surface area contributed by atoms with Gasteiger partial charge in [-0.1, -0.05) is 13.0 Å². The van der Waals surface area contributed by atoms with E-state index in [0.29, 0.717) is 6.61 Å². The predicted octanol–water partition coefficient (Wildman–Crippen LogP) is 2.60. The van der Waals surface area contributed by atoms with Gasteiger partial charge in [0, 0.05) is 20.1 Å². The van der Waals surface area contributed by atoms with Gasteiger partial charge < -0.3 is 20.1 Å². The van der Waals surface area contributed by atoms with Gasteiger partial charge in [0.15, 0.2) is 17.5 Å². The molecule has 1 aromatic carbocycles. The van der Waals surface area contributed by atoms with Crippen LogP contribution in [0.1, 0.15) is 32.3 Å². The summed E-state index contributed by atoms with van der Waals surface area (Å²) in [7, 11) is 3.46. The maximum absolute atomic E-state index is 5.61. The van der Waals surface area contributed by atoms with Crippen LogP contribution in [0, 0.1) is 0 Å². The monoisotopic (exact) mass is 307 g/mol. The minimum Gasteiger partial charge on any atom is -0.493 e. The van der Waals surface area contributed by atoms with E-state index in [-0.39, 0.29) is 0 Å². The third kappa shape index (κ3) is 6.24. The van der Waals surface area contributed by atoms with Crippen LogP contribution in [-0.4, -0.2) is 39.8 Å². The van der Waals surface area contributed by atoms with Crippen molar-refractivity contribution in [2.75, 3.05) is 33.9 Å². The predicted molar refractivity (Wildman–Crippen MR) is 92.1 cm³/mol. The van der Waals surface area contributed by atoms with Crippen molar-refractivity contribution < 1.29 is 9.47 Å². The van der Waals surface area contributed by atoms with Crippen molar-refractivity contribution in [1.29, 1.82) is 0 Å². The van der Waals surface area contributed by atoms with E-state index in [1.54, 1.807) is 14.2 Å². The van der Waals surface area contributed by atoms with Crippen LogP contribution in [0.2, 0.25) is 0 Å². The van der Waals surface area contributed by atoms with Crippen molar-refractivity contribution in [2.24, 2.45) is 4.99 Å². The van der Waals surface area contributed by atoms with Crippen LogP contribution in [0.15, 0.2) is 23.2 Å². The molecular formula is C17H29N3O2. The molecule has 2 N–H and O–H groups in total. The Morgan fingerprint density at radius 3 is 2.55 bits per heavy atom. The molecule has 0 radical (unpaired) electrons. The highest BCUT2D eigenvalue weighted by molar-refractivity contribution is 5.79. The Hall–Kier alpha value is -1.91. The summed E-state index contributed by atoms with van der Waals surface area (Å²) in [5, 5.41) is 6.58. The second-order valence-electron chi connectivity index (χ2n) is 4.95. The molecule has 0 amide bonds. The van der Waals surface area contributed by atoms with Gasteiger partial charge in [0.1, 0.15) is 0 Å². The van der Waals surface area contributed by atoms with Gasteiger partial charge in [-0.25, -0.2) is 0 Å². The first-order valence-electron chi connectivity index (χ1n) is 7.99. The molecule has 0 atom stereocenters. The Balaban J connectivity index is 2.43. The number of nitrogens with zero attached hydrogens (tertiary/aromatic N) is 1. The van der Waals surface area contributed by atoms with Gasteiger partial charge in [-0.15, -0.1) is 0 Å². The molecular weight excluding hydrogens is 278 g/mol.